The molecule has 0 fully saturated rings. The minimum absolute atomic E-state index is 0.123. The number of nitrogens with zero attached hydrogens (tertiary/aromatic N) is 1. The third-order valence-corrected chi connectivity index (χ3v) is 4.24. The van der Waals surface area contributed by atoms with E-state index in [1.165, 1.54) is 6.07 Å². The summed E-state index contributed by atoms with van der Waals surface area (Å²) in [6.07, 6.45) is 1.76. The number of carbonyl (C=O) groups excluding carboxylic acids is 1. The first-order chi connectivity index (χ1) is 10.5. The van der Waals surface area contributed by atoms with Gasteiger partial charge in [0.15, 0.2) is 0 Å². The van der Waals surface area contributed by atoms with Gasteiger partial charge in [0.05, 0.1) is 18.2 Å². The third kappa shape index (κ3) is 2.89. The SMILES string of the molecule is Cc1cc(CC(=O)N[C@H]2c3cccc(F)c3CC[C@H]2C)no1. The van der Waals surface area contributed by atoms with E-state index in [4.69, 9.17) is 4.52 Å². The lowest BCUT2D eigenvalue weighted by atomic mass is 9.80. The van der Waals surface area contributed by atoms with Crippen molar-refractivity contribution < 1.29 is 13.7 Å². The van der Waals surface area contributed by atoms with Gasteiger partial charge in [0, 0.05) is 6.07 Å². The molecule has 0 bridgehead atoms. The van der Waals surface area contributed by atoms with E-state index in [9.17, 15) is 9.18 Å². The third-order valence-electron chi connectivity index (χ3n) is 4.24. The van der Waals surface area contributed by atoms with E-state index in [0.29, 0.717) is 11.5 Å². The van der Waals surface area contributed by atoms with Crippen LogP contribution >= 0.6 is 0 Å². The molecule has 4 nitrogen and oxygen atoms in total. The molecule has 5 heteroatoms. The van der Waals surface area contributed by atoms with Crippen molar-refractivity contribution in [3.63, 3.8) is 0 Å². The number of benzene rings is 1. The fraction of sp³-hybridized carbons (Fsp3) is 0.412. The van der Waals surface area contributed by atoms with Gasteiger partial charge in [-0.3, -0.25) is 4.79 Å². The van der Waals surface area contributed by atoms with Gasteiger partial charge in [0.1, 0.15) is 11.6 Å². The molecule has 0 saturated carbocycles. The van der Waals surface area contributed by atoms with Crippen LogP contribution in [0, 0.1) is 18.7 Å². The zero-order valence-corrected chi connectivity index (χ0v) is 12.7. The Labute approximate surface area is 128 Å². The minimum Gasteiger partial charge on any atom is -0.361 e. The summed E-state index contributed by atoms with van der Waals surface area (Å²) in [5.41, 5.74) is 2.23. The van der Waals surface area contributed by atoms with Crippen molar-refractivity contribution in [2.45, 2.75) is 39.2 Å². The maximum atomic E-state index is 13.9. The molecule has 1 aromatic heterocycles. The highest BCUT2D eigenvalue weighted by atomic mass is 19.1. The lowest BCUT2D eigenvalue weighted by molar-refractivity contribution is -0.121. The number of amides is 1. The quantitative estimate of drug-likeness (QED) is 0.948. The first kappa shape index (κ1) is 14.8. The largest absolute Gasteiger partial charge is 0.361 e. The Bertz CT molecular complexity index is 696. The molecule has 116 valence electrons. The fourth-order valence-electron chi connectivity index (χ4n) is 3.09. The predicted octanol–water partition coefficient (Wildman–Crippen LogP) is 3.10. The van der Waals surface area contributed by atoms with Crippen molar-refractivity contribution in [1.29, 1.82) is 0 Å². The fourth-order valence-corrected chi connectivity index (χ4v) is 3.09. The van der Waals surface area contributed by atoms with E-state index in [0.717, 1.165) is 24.0 Å². The molecule has 1 aliphatic carbocycles. The molecule has 0 radical (unpaired) electrons. The first-order valence-electron chi connectivity index (χ1n) is 7.53. The van der Waals surface area contributed by atoms with Gasteiger partial charge < -0.3 is 9.84 Å². The van der Waals surface area contributed by atoms with Gasteiger partial charge in [-0.15, -0.1) is 0 Å². The van der Waals surface area contributed by atoms with E-state index in [2.05, 4.69) is 17.4 Å². The van der Waals surface area contributed by atoms with E-state index in [-0.39, 0.29) is 30.1 Å². The van der Waals surface area contributed by atoms with Crippen LogP contribution in [0.25, 0.3) is 0 Å². The van der Waals surface area contributed by atoms with Crippen molar-refractivity contribution in [3.05, 3.63) is 52.7 Å². The Hall–Kier alpha value is -2.17. The highest BCUT2D eigenvalue weighted by Crippen LogP contribution is 2.35. The number of rotatable bonds is 3. The molecule has 1 aromatic carbocycles. The first-order valence-corrected chi connectivity index (χ1v) is 7.53. The number of aryl methyl sites for hydroxylation is 1. The van der Waals surface area contributed by atoms with E-state index in [1.807, 2.05) is 6.07 Å². The molecule has 1 N–H and O–H groups in total. The number of aromatic nitrogens is 1. The van der Waals surface area contributed by atoms with E-state index in [1.54, 1.807) is 19.1 Å². The number of nitrogens with one attached hydrogen (secondary N) is 1. The second-order valence-electron chi connectivity index (χ2n) is 5.97. The number of carbonyl (C=O) groups is 1. The summed E-state index contributed by atoms with van der Waals surface area (Å²) >= 11 is 0. The number of halogens is 1. The molecule has 22 heavy (non-hydrogen) atoms. The van der Waals surface area contributed by atoms with Crippen molar-refractivity contribution in [2.24, 2.45) is 5.92 Å². The minimum atomic E-state index is -0.184. The lowest BCUT2D eigenvalue weighted by Gasteiger charge is -2.32. The Balaban J connectivity index is 1.77. The van der Waals surface area contributed by atoms with Crippen LogP contribution in [0.2, 0.25) is 0 Å². The zero-order valence-electron chi connectivity index (χ0n) is 12.7. The van der Waals surface area contributed by atoms with Gasteiger partial charge in [-0.2, -0.15) is 0 Å². The summed E-state index contributed by atoms with van der Waals surface area (Å²) in [5.74, 6) is 0.650. The molecule has 0 aliphatic heterocycles. The molecule has 1 heterocycles. The van der Waals surface area contributed by atoms with Gasteiger partial charge in [-0.05, 0) is 42.9 Å². The normalized spacial score (nSPS) is 20.5. The zero-order chi connectivity index (χ0) is 15.7. The van der Waals surface area contributed by atoms with Crippen molar-refractivity contribution >= 4 is 5.91 Å². The Kier molecular flexibility index (Phi) is 3.96. The summed E-state index contributed by atoms with van der Waals surface area (Å²) in [7, 11) is 0. The highest BCUT2D eigenvalue weighted by molar-refractivity contribution is 5.78. The average molecular weight is 302 g/mol. The highest BCUT2D eigenvalue weighted by Gasteiger charge is 2.29. The van der Waals surface area contributed by atoms with Crippen molar-refractivity contribution in [2.75, 3.05) is 0 Å². The van der Waals surface area contributed by atoms with Gasteiger partial charge in [-0.1, -0.05) is 24.2 Å². The molecular formula is C17H19FN2O2. The molecular weight excluding hydrogens is 283 g/mol. The van der Waals surface area contributed by atoms with Crippen LogP contribution in [0.15, 0.2) is 28.8 Å². The summed E-state index contributed by atoms with van der Waals surface area (Å²) in [5, 5.41) is 6.85. The number of fused-ring (bicyclic) bond motifs is 1. The second kappa shape index (κ2) is 5.91. The molecule has 0 spiro atoms. The summed E-state index contributed by atoms with van der Waals surface area (Å²) in [4.78, 5) is 12.2. The Morgan fingerprint density at radius 1 is 1.50 bits per heavy atom. The van der Waals surface area contributed by atoms with Gasteiger partial charge in [0.2, 0.25) is 5.91 Å². The van der Waals surface area contributed by atoms with E-state index < -0.39 is 0 Å². The standard InChI is InChI=1S/C17H19FN2O2/c1-10-6-7-13-14(4-3-5-15(13)18)17(10)19-16(21)9-12-8-11(2)22-20-12/h3-5,8,10,17H,6-7,9H2,1-2H3,(H,19,21)/t10-,17-/m1/s1. The Morgan fingerprint density at radius 2 is 2.32 bits per heavy atom. The topological polar surface area (TPSA) is 55.1 Å². The van der Waals surface area contributed by atoms with Crippen molar-refractivity contribution in [1.82, 2.24) is 10.5 Å². The average Bonchev–Trinajstić information content (AvgIpc) is 2.87. The second-order valence-corrected chi connectivity index (χ2v) is 5.97. The van der Waals surface area contributed by atoms with Crippen LogP contribution in [0.4, 0.5) is 4.39 Å². The van der Waals surface area contributed by atoms with Crippen LogP contribution in [-0.4, -0.2) is 11.1 Å². The predicted molar refractivity (Wildman–Crippen MR) is 79.7 cm³/mol. The molecule has 2 atom stereocenters. The number of hydrogen-bond donors (Lipinski definition) is 1. The number of hydrogen-bond acceptors (Lipinski definition) is 3. The molecule has 0 saturated heterocycles. The maximum absolute atomic E-state index is 13.9. The van der Waals surface area contributed by atoms with Gasteiger partial charge in [-0.25, -0.2) is 4.39 Å². The monoisotopic (exact) mass is 302 g/mol. The molecule has 1 amide bonds. The van der Waals surface area contributed by atoms with Crippen LogP contribution in [-0.2, 0) is 17.6 Å². The van der Waals surface area contributed by atoms with Gasteiger partial charge in [0.25, 0.3) is 0 Å². The summed E-state index contributed by atoms with van der Waals surface area (Å²) in [6, 6.07) is 6.68. The van der Waals surface area contributed by atoms with Crippen LogP contribution < -0.4 is 5.32 Å². The Morgan fingerprint density at radius 3 is 3.05 bits per heavy atom. The van der Waals surface area contributed by atoms with Crippen molar-refractivity contribution in [3.8, 4) is 0 Å². The molecule has 0 unspecified atom stereocenters. The molecule has 2 aromatic rings. The van der Waals surface area contributed by atoms with Gasteiger partial charge >= 0.3 is 0 Å². The maximum Gasteiger partial charge on any atom is 0.226 e. The summed E-state index contributed by atoms with van der Waals surface area (Å²) < 4.78 is 18.9. The summed E-state index contributed by atoms with van der Waals surface area (Å²) in [6.45, 7) is 3.87. The van der Waals surface area contributed by atoms with Crippen LogP contribution in [0.1, 0.15) is 42.0 Å². The van der Waals surface area contributed by atoms with Crippen LogP contribution in [0.5, 0.6) is 0 Å². The molecule has 3 rings (SSSR count). The van der Waals surface area contributed by atoms with E-state index >= 15 is 0 Å². The molecule has 1 aliphatic rings. The van der Waals surface area contributed by atoms with Crippen LogP contribution in [0.3, 0.4) is 0 Å². The smallest absolute Gasteiger partial charge is 0.226 e. The lowest BCUT2D eigenvalue weighted by Crippen LogP contribution is -2.36.